The van der Waals surface area contributed by atoms with E-state index < -0.39 is 5.60 Å². The highest BCUT2D eigenvalue weighted by atomic mass is 16.5. The molecule has 2 atom stereocenters. The van der Waals surface area contributed by atoms with Crippen LogP contribution in [0.5, 0.6) is 0 Å². The van der Waals surface area contributed by atoms with Gasteiger partial charge in [-0.15, -0.1) is 0 Å². The molecule has 1 heterocycles. The maximum absolute atomic E-state index is 12.2. The number of amides is 1. The summed E-state index contributed by atoms with van der Waals surface area (Å²) in [6, 6.07) is 0. The minimum atomic E-state index is -0.888. The summed E-state index contributed by atoms with van der Waals surface area (Å²) < 4.78 is 5.32. The molecular formula is C18H34N2O3. The summed E-state index contributed by atoms with van der Waals surface area (Å²) in [7, 11) is 0. The van der Waals surface area contributed by atoms with E-state index in [2.05, 4.69) is 17.1 Å². The second kappa shape index (κ2) is 9.00. The van der Waals surface area contributed by atoms with Crippen LogP contribution in [0.3, 0.4) is 0 Å². The van der Waals surface area contributed by atoms with Crippen LogP contribution >= 0.6 is 0 Å². The second-order valence-corrected chi connectivity index (χ2v) is 7.74. The van der Waals surface area contributed by atoms with Crippen molar-refractivity contribution < 1.29 is 14.6 Å². The third-order valence-electron chi connectivity index (χ3n) is 5.30. The highest BCUT2D eigenvalue weighted by Gasteiger charge is 2.27. The molecule has 5 nitrogen and oxygen atoms in total. The Labute approximate surface area is 140 Å². The van der Waals surface area contributed by atoms with Gasteiger partial charge < -0.3 is 15.2 Å². The number of nitrogens with one attached hydrogen (secondary N) is 1. The first kappa shape index (κ1) is 18.7. The smallest absolute Gasteiger partial charge is 0.220 e. The molecule has 2 unspecified atom stereocenters. The molecule has 0 aromatic carbocycles. The van der Waals surface area contributed by atoms with Crippen LogP contribution in [0.15, 0.2) is 0 Å². The van der Waals surface area contributed by atoms with Crippen LogP contribution in [-0.4, -0.2) is 60.9 Å². The monoisotopic (exact) mass is 326 g/mol. The molecule has 23 heavy (non-hydrogen) atoms. The van der Waals surface area contributed by atoms with Gasteiger partial charge in [-0.1, -0.05) is 39.0 Å². The van der Waals surface area contributed by atoms with E-state index >= 15 is 0 Å². The number of hydrogen-bond donors (Lipinski definition) is 2. The van der Waals surface area contributed by atoms with Crippen molar-refractivity contribution in [3.63, 3.8) is 0 Å². The predicted molar refractivity (Wildman–Crippen MR) is 91.2 cm³/mol. The van der Waals surface area contributed by atoms with E-state index in [0.29, 0.717) is 31.3 Å². The van der Waals surface area contributed by atoms with Gasteiger partial charge in [0.1, 0.15) is 0 Å². The lowest BCUT2D eigenvalue weighted by Crippen LogP contribution is -2.51. The third-order valence-corrected chi connectivity index (χ3v) is 5.30. The van der Waals surface area contributed by atoms with E-state index in [1.165, 1.54) is 32.1 Å². The lowest BCUT2D eigenvalue weighted by Gasteiger charge is -2.34. The zero-order valence-electron chi connectivity index (χ0n) is 14.9. The van der Waals surface area contributed by atoms with Crippen molar-refractivity contribution in [2.75, 3.05) is 39.4 Å². The number of β-amino-alcohol motifs (C(OH)–C–C–N with tert-alkyl or cyclic N) is 1. The Bertz CT molecular complexity index is 361. The van der Waals surface area contributed by atoms with E-state index in [4.69, 9.17) is 4.74 Å². The summed E-state index contributed by atoms with van der Waals surface area (Å²) in [6.07, 6.45) is 7.08. The van der Waals surface area contributed by atoms with Gasteiger partial charge in [-0.2, -0.15) is 0 Å². The fourth-order valence-corrected chi connectivity index (χ4v) is 3.82. The Kier molecular flexibility index (Phi) is 7.31. The van der Waals surface area contributed by atoms with Crippen molar-refractivity contribution in [3.8, 4) is 0 Å². The lowest BCUT2D eigenvalue weighted by molar-refractivity contribution is -0.123. The molecular weight excluding hydrogens is 292 g/mol. The molecule has 0 spiro atoms. The molecule has 1 saturated carbocycles. The van der Waals surface area contributed by atoms with Crippen LogP contribution in [0.25, 0.3) is 0 Å². The van der Waals surface area contributed by atoms with Gasteiger partial charge in [0.2, 0.25) is 5.91 Å². The molecule has 1 aliphatic heterocycles. The van der Waals surface area contributed by atoms with Crippen molar-refractivity contribution >= 4 is 5.91 Å². The quantitative estimate of drug-likeness (QED) is 0.749. The molecule has 2 N–H and O–H groups in total. The Balaban J connectivity index is 1.67. The number of carbonyl (C=O) groups is 1. The topological polar surface area (TPSA) is 61.8 Å². The van der Waals surface area contributed by atoms with Gasteiger partial charge in [-0.3, -0.25) is 9.69 Å². The first-order valence-electron chi connectivity index (χ1n) is 9.25. The highest BCUT2D eigenvalue weighted by molar-refractivity contribution is 5.76. The highest BCUT2D eigenvalue weighted by Crippen LogP contribution is 2.31. The normalized spacial score (nSPS) is 24.8. The zero-order valence-corrected chi connectivity index (χ0v) is 14.9. The average molecular weight is 326 g/mol. The molecule has 1 saturated heterocycles. The van der Waals surface area contributed by atoms with E-state index in [1.54, 1.807) is 6.92 Å². The van der Waals surface area contributed by atoms with Crippen LogP contribution in [0, 0.1) is 11.8 Å². The van der Waals surface area contributed by atoms with Crippen LogP contribution < -0.4 is 5.32 Å². The van der Waals surface area contributed by atoms with Gasteiger partial charge in [0.25, 0.3) is 0 Å². The predicted octanol–water partition coefficient (Wildman–Crippen LogP) is 1.79. The van der Waals surface area contributed by atoms with Gasteiger partial charge in [0.05, 0.1) is 18.8 Å². The van der Waals surface area contributed by atoms with Crippen LogP contribution in [0.2, 0.25) is 0 Å². The number of nitrogens with zero attached hydrogens (tertiary/aromatic N) is 1. The largest absolute Gasteiger partial charge is 0.387 e. The van der Waals surface area contributed by atoms with Crippen LogP contribution in [-0.2, 0) is 9.53 Å². The first-order valence-corrected chi connectivity index (χ1v) is 9.25. The van der Waals surface area contributed by atoms with Gasteiger partial charge in [-0.05, 0) is 18.8 Å². The molecule has 2 aliphatic rings. The first-order chi connectivity index (χ1) is 11.0. The lowest BCUT2D eigenvalue weighted by atomic mass is 9.79. The Morgan fingerprint density at radius 1 is 1.30 bits per heavy atom. The van der Waals surface area contributed by atoms with Crippen molar-refractivity contribution in [1.82, 2.24) is 10.2 Å². The number of carbonyl (C=O) groups excluding carboxylic acids is 1. The maximum Gasteiger partial charge on any atom is 0.220 e. The molecule has 1 amide bonds. The molecule has 0 radical (unpaired) electrons. The Hall–Kier alpha value is -0.650. The van der Waals surface area contributed by atoms with E-state index in [-0.39, 0.29) is 5.91 Å². The van der Waals surface area contributed by atoms with Gasteiger partial charge in [0, 0.05) is 32.6 Å². The number of ether oxygens (including phenoxy) is 1. The van der Waals surface area contributed by atoms with Crippen molar-refractivity contribution in [1.29, 1.82) is 0 Å². The summed E-state index contributed by atoms with van der Waals surface area (Å²) in [5.41, 5.74) is -0.888. The Morgan fingerprint density at radius 2 is 1.96 bits per heavy atom. The number of hydrogen-bond acceptors (Lipinski definition) is 4. The fraction of sp³-hybridized carbons (Fsp3) is 0.944. The average Bonchev–Trinajstić information content (AvgIpc) is 2.54. The molecule has 0 aromatic rings. The summed E-state index contributed by atoms with van der Waals surface area (Å²) >= 11 is 0. The molecule has 2 rings (SSSR count). The number of rotatable bonds is 7. The van der Waals surface area contributed by atoms with E-state index in [1.807, 2.05) is 0 Å². The van der Waals surface area contributed by atoms with E-state index in [9.17, 15) is 9.90 Å². The van der Waals surface area contributed by atoms with Crippen molar-refractivity contribution in [3.05, 3.63) is 0 Å². The summed E-state index contributed by atoms with van der Waals surface area (Å²) in [6.45, 7) is 8.04. The molecule has 0 bridgehead atoms. The van der Waals surface area contributed by atoms with Gasteiger partial charge in [0.15, 0.2) is 0 Å². The molecule has 2 fully saturated rings. The van der Waals surface area contributed by atoms with Crippen LogP contribution in [0.4, 0.5) is 0 Å². The third kappa shape index (κ3) is 6.77. The van der Waals surface area contributed by atoms with Crippen molar-refractivity contribution in [2.24, 2.45) is 11.8 Å². The van der Waals surface area contributed by atoms with Gasteiger partial charge >= 0.3 is 0 Å². The van der Waals surface area contributed by atoms with Crippen LogP contribution in [0.1, 0.15) is 52.4 Å². The molecule has 1 aliphatic carbocycles. The maximum atomic E-state index is 12.2. The van der Waals surface area contributed by atoms with Crippen molar-refractivity contribution in [2.45, 2.75) is 58.0 Å². The molecule has 0 aromatic heterocycles. The number of morpholine rings is 1. The molecule has 134 valence electrons. The fourth-order valence-electron chi connectivity index (χ4n) is 3.82. The minimum absolute atomic E-state index is 0.0744. The molecule has 5 heteroatoms. The standard InChI is InChI=1S/C18H34N2O3/c1-15(16-6-4-3-5-7-16)12-17(21)19-13-18(2,22)14-20-8-10-23-11-9-20/h15-16,22H,3-14H2,1-2H3,(H,19,21). The summed E-state index contributed by atoms with van der Waals surface area (Å²) in [5, 5.41) is 13.4. The van der Waals surface area contributed by atoms with Gasteiger partial charge in [-0.25, -0.2) is 0 Å². The Morgan fingerprint density at radius 3 is 2.61 bits per heavy atom. The zero-order chi connectivity index (χ0) is 16.7. The van der Waals surface area contributed by atoms with E-state index in [0.717, 1.165) is 26.3 Å². The SMILES string of the molecule is CC(CC(=O)NCC(C)(O)CN1CCOCC1)C1CCCCC1. The second-order valence-electron chi connectivity index (χ2n) is 7.74. The summed E-state index contributed by atoms with van der Waals surface area (Å²) in [5.74, 6) is 1.22. The summed E-state index contributed by atoms with van der Waals surface area (Å²) in [4.78, 5) is 14.4. The minimum Gasteiger partial charge on any atom is -0.387 e. The number of aliphatic hydroxyl groups is 1.